The van der Waals surface area contributed by atoms with Gasteiger partial charge in [0, 0.05) is 15.9 Å². The highest BCUT2D eigenvalue weighted by Crippen LogP contribution is 2.36. The number of nitrogens with one attached hydrogen (secondary N) is 5. The maximum absolute atomic E-state index is 13.7. The first-order valence-corrected chi connectivity index (χ1v) is 14.8. The normalized spacial score (nSPS) is 16.4. The highest BCUT2D eigenvalue weighted by Gasteiger charge is 2.39. The number of methoxy groups -OCH3 is 1. The Morgan fingerprint density at radius 2 is 1.95 bits per heavy atom. The molecule has 1 aromatic heterocycles. The number of likely N-dealkylation sites (N-methyl/N-ethyl adjacent to an activating group) is 1. The van der Waals surface area contributed by atoms with Gasteiger partial charge in [-0.2, -0.15) is 0 Å². The zero-order valence-electron chi connectivity index (χ0n) is 24.8. The Kier molecular flexibility index (Phi) is 10.3. The van der Waals surface area contributed by atoms with Crippen LogP contribution < -0.4 is 31.3 Å². The average Bonchev–Trinajstić information content (AvgIpc) is 3.52. The van der Waals surface area contributed by atoms with Crippen LogP contribution in [0.3, 0.4) is 0 Å². The molecule has 1 aliphatic heterocycles. The van der Waals surface area contributed by atoms with E-state index in [4.69, 9.17) is 4.74 Å². The van der Waals surface area contributed by atoms with Gasteiger partial charge in [-0.05, 0) is 91.0 Å². The van der Waals surface area contributed by atoms with Gasteiger partial charge in [-0.1, -0.05) is 13.8 Å². The van der Waals surface area contributed by atoms with Crippen molar-refractivity contribution in [2.45, 2.75) is 58.2 Å². The van der Waals surface area contributed by atoms with Gasteiger partial charge in [-0.3, -0.25) is 19.7 Å². The van der Waals surface area contributed by atoms with Gasteiger partial charge in [0.05, 0.1) is 30.4 Å². The van der Waals surface area contributed by atoms with Gasteiger partial charge in [0.2, 0.25) is 17.7 Å². The predicted molar refractivity (Wildman–Crippen MR) is 166 cm³/mol. The molecule has 4 rings (SSSR count). The molecule has 0 bridgehead atoms. The van der Waals surface area contributed by atoms with Crippen LogP contribution in [-0.2, 0) is 20.8 Å². The van der Waals surface area contributed by atoms with Gasteiger partial charge in [-0.15, -0.1) is 0 Å². The van der Waals surface area contributed by atoms with Crippen molar-refractivity contribution < 1.29 is 23.5 Å². The molecule has 2 heterocycles. The smallest absolute Gasteiger partial charge is 0.249 e. The molecule has 1 saturated heterocycles. The highest BCUT2D eigenvalue weighted by atomic mass is 79.9. The molecule has 13 heteroatoms. The minimum absolute atomic E-state index is 0.281. The Morgan fingerprint density at radius 3 is 2.60 bits per heavy atom. The molecule has 11 nitrogen and oxygen atoms in total. The van der Waals surface area contributed by atoms with E-state index in [0.717, 1.165) is 12.0 Å². The molecule has 0 saturated carbocycles. The van der Waals surface area contributed by atoms with Crippen LogP contribution in [0.2, 0.25) is 0 Å². The summed E-state index contributed by atoms with van der Waals surface area (Å²) in [5.41, 5.74) is 1.06. The van der Waals surface area contributed by atoms with Crippen molar-refractivity contribution in [2.24, 2.45) is 5.41 Å². The second-order valence-electron chi connectivity index (χ2n) is 11.3. The van der Waals surface area contributed by atoms with E-state index in [9.17, 15) is 18.8 Å². The Labute approximate surface area is 258 Å². The number of benzene rings is 2. The molecule has 5 N–H and O–H groups in total. The Balaban J connectivity index is 1.68. The number of ether oxygens (including phenoxy) is 1. The lowest BCUT2D eigenvalue weighted by molar-refractivity contribution is -0.137. The number of fused-ring (bicyclic) bond motifs is 1. The van der Waals surface area contributed by atoms with Crippen molar-refractivity contribution in [1.29, 1.82) is 0 Å². The van der Waals surface area contributed by atoms with E-state index in [1.54, 1.807) is 33.2 Å². The van der Waals surface area contributed by atoms with E-state index in [1.807, 2.05) is 19.9 Å². The first-order chi connectivity index (χ1) is 20.4. The molecular formula is C30H37BrFN7O4. The van der Waals surface area contributed by atoms with Crippen LogP contribution in [0.25, 0.3) is 10.9 Å². The van der Waals surface area contributed by atoms with Crippen LogP contribution in [0, 0.1) is 11.2 Å². The maximum Gasteiger partial charge on any atom is 0.249 e. The van der Waals surface area contributed by atoms with Crippen LogP contribution in [-0.4, -0.2) is 66.5 Å². The molecule has 0 aliphatic carbocycles. The number of carbonyl (C=O) groups excluding carboxylic acids is 3. The highest BCUT2D eigenvalue weighted by molar-refractivity contribution is 9.10. The Morgan fingerprint density at radius 1 is 1.19 bits per heavy atom. The van der Waals surface area contributed by atoms with Crippen molar-refractivity contribution in [3.8, 4) is 5.75 Å². The van der Waals surface area contributed by atoms with E-state index in [0.29, 0.717) is 45.6 Å². The number of aromatic nitrogens is 2. The first-order valence-electron chi connectivity index (χ1n) is 14.0. The topological polar surface area (TPSA) is 146 Å². The molecule has 0 unspecified atom stereocenters. The third-order valence-electron chi connectivity index (χ3n) is 7.65. The van der Waals surface area contributed by atoms with E-state index >= 15 is 0 Å². The van der Waals surface area contributed by atoms with Crippen LogP contribution in [0.5, 0.6) is 5.75 Å². The molecule has 1 aliphatic rings. The summed E-state index contributed by atoms with van der Waals surface area (Å²) in [6.45, 7) is 6.09. The maximum atomic E-state index is 13.7. The lowest BCUT2D eigenvalue weighted by Gasteiger charge is -2.35. The van der Waals surface area contributed by atoms with Gasteiger partial charge in [0.15, 0.2) is 0 Å². The molecule has 3 aromatic rings. The summed E-state index contributed by atoms with van der Waals surface area (Å²) >= 11 is 3.38. The van der Waals surface area contributed by atoms with Crippen molar-refractivity contribution in [2.75, 3.05) is 26.0 Å². The molecule has 43 heavy (non-hydrogen) atoms. The fourth-order valence-electron chi connectivity index (χ4n) is 5.07. The molecule has 3 atom stereocenters. The van der Waals surface area contributed by atoms with Crippen LogP contribution in [0.1, 0.15) is 39.2 Å². The summed E-state index contributed by atoms with van der Waals surface area (Å²) in [4.78, 5) is 48.2. The minimum Gasteiger partial charge on any atom is -0.496 e. The number of hydrogen-bond donors (Lipinski definition) is 5. The minimum atomic E-state index is -1.05. The molecular weight excluding hydrogens is 621 g/mol. The first kappa shape index (κ1) is 32.2. The van der Waals surface area contributed by atoms with Crippen molar-refractivity contribution >= 4 is 56.1 Å². The summed E-state index contributed by atoms with van der Waals surface area (Å²) in [7, 11) is 3.19. The van der Waals surface area contributed by atoms with Gasteiger partial charge in [0.1, 0.15) is 29.8 Å². The number of hydrogen-bond acceptors (Lipinski definition) is 9. The monoisotopic (exact) mass is 657 g/mol. The Bertz CT molecular complexity index is 1510. The van der Waals surface area contributed by atoms with Crippen LogP contribution in [0.15, 0.2) is 41.1 Å². The van der Waals surface area contributed by atoms with Crippen LogP contribution >= 0.6 is 15.9 Å². The number of nitrogens with zero attached hydrogens (tertiary/aromatic N) is 2. The van der Waals surface area contributed by atoms with Crippen LogP contribution in [0.4, 0.5) is 15.9 Å². The standard InChI is InChI=1S/C30H37BrFN7O4/c1-16(33-4)27(40)38-25(29(42)39-28(41)22-7-6-10-34-22)30(2,3)14-17-11-19-23(13-24(17)43-5)35-15-36-26(19)37-21-9-8-18(32)12-20(21)31/h8-9,11-13,15-16,22,25,33-34H,6-7,10,14H2,1-5H3,(H,38,40)(H,35,36,37)(H,39,41,42)/t16-,22-,25+/m0/s1. The van der Waals surface area contributed by atoms with Crippen molar-refractivity contribution in [3.05, 3.63) is 52.5 Å². The number of halogens is 2. The van der Waals surface area contributed by atoms with Crippen molar-refractivity contribution in [3.63, 3.8) is 0 Å². The molecule has 230 valence electrons. The number of anilines is 2. The van der Waals surface area contributed by atoms with E-state index in [1.165, 1.54) is 18.5 Å². The van der Waals surface area contributed by atoms with Crippen molar-refractivity contribution in [1.82, 2.24) is 31.2 Å². The molecule has 1 fully saturated rings. The average molecular weight is 659 g/mol. The largest absolute Gasteiger partial charge is 0.496 e. The lowest BCUT2D eigenvalue weighted by atomic mass is 9.77. The third-order valence-corrected chi connectivity index (χ3v) is 8.30. The molecule has 2 aromatic carbocycles. The summed E-state index contributed by atoms with van der Waals surface area (Å²) in [6.07, 6.45) is 3.18. The molecule has 3 amide bonds. The zero-order valence-corrected chi connectivity index (χ0v) is 26.4. The summed E-state index contributed by atoms with van der Waals surface area (Å²) in [5.74, 6) is -0.741. The predicted octanol–water partition coefficient (Wildman–Crippen LogP) is 3.34. The van der Waals surface area contributed by atoms with E-state index in [2.05, 4.69) is 52.5 Å². The number of imide groups is 1. The summed E-state index contributed by atoms with van der Waals surface area (Å²) in [5, 5.41) is 15.2. The molecule has 0 radical (unpaired) electrons. The number of rotatable bonds is 11. The fraction of sp³-hybridized carbons (Fsp3) is 0.433. The van der Waals surface area contributed by atoms with E-state index in [-0.39, 0.29) is 18.1 Å². The van der Waals surface area contributed by atoms with Gasteiger partial charge in [0.25, 0.3) is 0 Å². The second-order valence-corrected chi connectivity index (χ2v) is 12.1. The Hall–Kier alpha value is -3.68. The summed E-state index contributed by atoms with van der Waals surface area (Å²) < 4.78 is 19.9. The van der Waals surface area contributed by atoms with E-state index < -0.39 is 35.4 Å². The summed E-state index contributed by atoms with van der Waals surface area (Å²) in [6, 6.07) is 5.87. The molecule has 0 spiro atoms. The van der Waals surface area contributed by atoms with Gasteiger partial charge < -0.3 is 26.0 Å². The number of carbonyl (C=O) groups is 3. The lowest BCUT2D eigenvalue weighted by Crippen LogP contribution is -2.59. The van der Waals surface area contributed by atoms with Gasteiger partial charge >= 0.3 is 0 Å². The SMILES string of the molecule is CN[C@@H](C)C(=O)N[C@H](C(=O)NC(=O)[C@@H]1CCCN1)C(C)(C)Cc1cc2c(Nc3ccc(F)cc3Br)ncnc2cc1OC. The second kappa shape index (κ2) is 13.7. The number of amides is 3. The van der Waals surface area contributed by atoms with Gasteiger partial charge in [-0.25, -0.2) is 14.4 Å². The zero-order chi connectivity index (χ0) is 31.3. The quantitative estimate of drug-likeness (QED) is 0.210. The fourth-order valence-corrected chi connectivity index (χ4v) is 5.52. The third kappa shape index (κ3) is 7.64.